The monoisotopic (exact) mass is 264 g/mol. The fourth-order valence-electron chi connectivity index (χ4n) is 1.32. The third-order valence-corrected chi connectivity index (χ3v) is 3.10. The fraction of sp³-hybridized carbons (Fsp3) is 0.400. The molecule has 0 spiro atoms. The van der Waals surface area contributed by atoms with E-state index in [-0.39, 0.29) is 6.04 Å². The van der Waals surface area contributed by atoms with Crippen LogP contribution in [0.25, 0.3) is 21.1 Å². The Morgan fingerprint density at radius 2 is 2.56 bits per heavy atom. The van der Waals surface area contributed by atoms with E-state index in [4.69, 9.17) is 10.1 Å². The molecule has 0 bridgehead atoms. The van der Waals surface area contributed by atoms with Crippen LogP contribution in [0.5, 0.6) is 0 Å². The van der Waals surface area contributed by atoms with Gasteiger partial charge < -0.3 is 9.84 Å². The Morgan fingerprint density at radius 1 is 1.67 bits per heavy atom. The average Bonchev–Trinajstić information content (AvgIpc) is 3.03. The van der Waals surface area contributed by atoms with Crippen LogP contribution in [0, 0.1) is 0 Å². The lowest BCUT2D eigenvalue weighted by Gasteiger charge is -2.07. The van der Waals surface area contributed by atoms with E-state index in [2.05, 4.69) is 25.5 Å². The largest absolute Gasteiger partial charge is 0.338 e. The Morgan fingerprint density at radius 3 is 3.28 bits per heavy atom. The number of nitrogens with zero attached hydrogens (tertiary/aromatic N) is 5. The van der Waals surface area contributed by atoms with Crippen LogP contribution in [-0.4, -0.2) is 22.7 Å². The summed E-state index contributed by atoms with van der Waals surface area (Å²) in [5.41, 5.74) is 8.20. The van der Waals surface area contributed by atoms with Gasteiger partial charge in [-0.3, -0.25) is 0 Å². The van der Waals surface area contributed by atoms with Crippen LogP contribution in [0.15, 0.2) is 27.2 Å². The van der Waals surface area contributed by atoms with Gasteiger partial charge in [-0.05, 0) is 23.9 Å². The average molecular weight is 264 g/mol. The van der Waals surface area contributed by atoms with E-state index in [9.17, 15) is 0 Å². The Labute approximate surface area is 107 Å². The van der Waals surface area contributed by atoms with Crippen molar-refractivity contribution >= 4 is 11.3 Å². The Bertz CT molecular complexity index is 530. The van der Waals surface area contributed by atoms with Crippen LogP contribution in [0.2, 0.25) is 0 Å². The first-order valence-electron chi connectivity index (χ1n) is 5.40. The van der Waals surface area contributed by atoms with Crippen molar-refractivity contribution in [3.63, 3.8) is 0 Å². The van der Waals surface area contributed by atoms with Crippen LogP contribution in [0.4, 0.5) is 0 Å². The summed E-state index contributed by atoms with van der Waals surface area (Å²) in [6, 6.07) is 3.95. The van der Waals surface area contributed by atoms with Gasteiger partial charge in [0.1, 0.15) is 0 Å². The summed E-state index contributed by atoms with van der Waals surface area (Å²) in [7, 11) is 0. The third-order valence-electron chi connectivity index (χ3n) is 2.23. The highest BCUT2D eigenvalue weighted by molar-refractivity contribution is 7.13. The van der Waals surface area contributed by atoms with Gasteiger partial charge in [-0.25, -0.2) is 0 Å². The molecule has 7 nitrogen and oxygen atoms in total. The minimum Gasteiger partial charge on any atom is -0.338 e. The van der Waals surface area contributed by atoms with Gasteiger partial charge in [0, 0.05) is 17.5 Å². The van der Waals surface area contributed by atoms with E-state index >= 15 is 0 Å². The lowest BCUT2D eigenvalue weighted by Crippen LogP contribution is -2.28. The molecule has 8 heteroatoms. The highest BCUT2D eigenvalue weighted by Gasteiger charge is 2.09. The summed E-state index contributed by atoms with van der Waals surface area (Å²) >= 11 is 1.56. The van der Waals surface area contributed by atoms with Crippen molar-refractivity contribution in [1.82, 2.24) is 15.5 Å². The molecule has 0 saturated heterocycles. The number of rotatable bonds is 6. The first-order valence-corrected chi connectivity index (χ1v) is 6.28. The van der Waals surface area contributed by atoms with Gasteiger partial charge in [0.15, 0.2) is 0 Å². The summed E-state index contributed by atoms with van der Waals surface area (Å²) in [6.07, 6.45) is 0. The molecule has 0 aliphatic carbocycles. The maximum absolute atomic E-state index is 8.20. The summed E-state index contributed by atoms with van der Waals surface area (Å²) in [4.78, 5) is 7.95. The highest BCUT2D eigenvalue weighted by atomic mass is 32.1. The van der Waals surface area contributed by atoms with Crippen molar-refractivity contribution in [2.75, 3.05) is 6.54 Å². The Hall–Kier alpha value is -1.89. The molecule has 94 valence electrons. The van der Waals surface area contributed by atoms with Crippen molar-refractivity contribution in [2.24, 2.45) is 5.11 Å². The molecule has 2 heterocycles. The Kier molecular flexibility index (Phi) is 4.30. The summed E-state index contributed by atoms with van der Waals surface area (Å²) in [5, 5.41) is 12.5. The zero-order valence-corrected chi connectivity index (χ0v) is 10.6. The molecule has 0 unspecified atom stereocenters. The van der Waals surface area contributed by atoms with Crippen LogP contribution < -0.4 is 5.32 Å². The van der Waals surface area contributed by atoms with Crippen LogP contribution >= 0.6 is 11.3 Å². The zero-order chi connectivity index (χ0) is 12.8. The van der Waals surface area contributed by atoms with E-state index in [1.54, 1.807) is 11.3 Å². The first kappa shape index (κ1) is 12.6. The minimum absolute atomic E-state index is 0.0676. The quantitative estimate of drug-likeness (QED) is 0.492. The van der Waals surface area contributed by atoms with E-state index in [0.717, 1.165) is 4.88 Å². The van der Waals surface area contributed by atoms with Crippen molar-refractivity contribution in [1.29, 1.82) is 0 Å². The molecular formula is C10H12N6OS. The van der Waals surface area contributed by atoms with Gasteiger partial charge in [0.25, 0.3) is 0 Å². The standard InChI is InChI=1S/C10H12N6OS/c1-7(5-13-16-11)12-6-9-14-10(15-17-9)8-3-2-4-18-8/h2-4,7,12H,5-6H2,1H3/t7-/m1/s1. The molecule has 0 aliphatic heterocycles. The maximum Gasteiger partial charge on any atom is 0.240 e. The molecule has 2 aromatic heterocycles. The van der Waals surface area contributed by atoms with Crippen molar-refractivity contribution in [3.05, 3.63) is 33.8 Å². The second-order valence-electron chi connectivity index (χ2n) is 3.68. The van der Waals surface area contributed by atoms with Gasteiger partial charge in [-0.1, -0.05) is 16.3 Å². The number of nitrogens with one attached hydrogen (secondary N) is 1. The number of hydrogen-bond donors (Lipinski definition) is 1. The topological polar surface area (TPSA) is 99.7 Å². The molecule has 0 aromatic carbocycles. The van der Waals surface area contributed by atoms with Crippen molar-refractivity contribution in [2.45, 2.75) is 19.5 Å². The van der Waals surface area contributed by atoms with Gasteiger partial charge in [0.2, 0.25) is 11.7 Å². The molecular weight excluding hydrogens is 252 g/mol. The first-order chi connectivity index (χ1) is 8.79. The van der Waals surface area contributed by atoms with Crippen LogP contribution in [0.3, 0.4) is 0 Å². The summed E-state index contributed by atoms with van der Waals surface area (Å²) < 4.78 is 5.12. The van der Waals surface area contributed by atoms with Crippen LogP contribution in [0.1, 0.15) is 12.8 Å². The van der Waals surface area contributed by atoms with E-state index in [1.165, 1.54) is 0 Å². The second-order valence-corrected chi connectivity index (χ2v) is 4.63. The molecule has 18 heavy (non-hydrogen) atoms. The summed E-state index contributed by atoms with van der Waals surface area (Å²) in [6.45, 7) is 2.77. The smallest absolute Gasteiger partial charge is 0.240 e. The number of azide groups is 1. The molecule has 0 saturated carbocycles. The number of aromatic nitrogens is 2. The Balaban J connectivity index is 1.89. The fourth-order valence-corrected chi connectivity index (χ4v) is 1.97. The molecule has 1 N–H and O–H groups in total. The molecule has 0 aliphatic rings. The molecule has 0 amide bonds. The highest BCUT2D eigenvalue weighted by Crippen LogP contribution is 2.21. The second kappa shape index (κ2) is 6.15. The third kappa shape index (κ3) is 3.30. The number of hydrogen-bond acceptors (Lipinski definition) is 6. The molecule has 0 radical (unpaired) electrons. The van der Waals surface area contributed by atoms with Gasteiger partial charge in [-0.2, -0.15) is 4.98 Å². The lowest BCUT2D eigenvalue weighted by atomic mass is 10.3. The summed E-state index contributed by atoms with van der Waals surface area (Å²) in [5.74, 6) is 1.12. The van der Waals surface area contributed by atoms with E-state index in [0.29, 0.717) is 24.8 Å². The molecule has 1 atom stereocenters. The minimum atomic E-state index is 0.0676. The molecule has 2 aromatic rings. The lowest BCUT2D eigenvalue weighted by molar-refractivity contribution is 0.360. The van der Waals surface area contributed by atoms with Crippen LogP contribution in [-0.2, 0) is 6.54 Å². The molecule has 0 fully saturated rings. The predicted octanol–water partition coefficient (Wildman–Crippen LogP) is 2.59. The van der Waals surface area contributed by atoms with Crippen molar-refractivity contribution < 1.29 is 4.52 Å². The molecule has 2 rings (SSSR count). The normalized spacial score (nSPS) is 12.1. The predicted molar refractivity (Wildman–Crippen MR) is 67.9 cm³/mol. The zero-order valence-electron chi connectivity index (χ0n) is 9.78. The maximum atomic E-state index is 8.20. The van der Waals surface area contributed by atoms with Gasteiger partial charge in [-0.15, -0.1) is 11.3 Å². The van der Waals surface area contributed by atoms with Gasteiger partial charge >= 0.3 is 0 Å². The van der Waals surface area contributed by atoms with Crippen molar-refractivity contribution in [3.8, 4) is 10.7 Å². The van der Waals surface area contributed by atoms with E-state index in [1.807, 2.05) is 24.4 Å². The van der Waals surface area contributed by atoms with E-state index < -0.39 is 0 Å². The van der Waals surface area contributed by atoms with Gasteiger partial charge in [0.05, 0.1) is 11.4 Å². The number of thiophene rings is 1. The SMILES string of the molecule is C[C@H](CN=[N+]=[N-])NCc1nc(-c2cccs2)no1.